The van der Waals surface area contributed by atoms with Gasteiger partial charge in [0.2, 0.25) is 0 Å². The van der Waals surface area contributed by atoms with Crippen molar-refractivity contribution in [2.24, 2.45) is 0 Å². The number of benzene rings is 1. The Morgan fingerprint density at radius 2 is 1.95 bits per heavy atom. The summed E-state index contributed by atoms with van der Waals surface area (Å²) in [5.41, 5.74) is 1.18. The van der Waals surface area contributed by atoms with Crippen LogP contribution in [0.25, 0.3) is 0 Å². The zero-order valence-corrected chi connectivity index (χ0v) is 12.5. The second-order valence-electron chi connectivity index (χ2n) is 4.63. The number of hydrogen-bond acceptors (Lipinski definition) is 3. The van der Waals surface area contributed by atoms with E-state index in [-0.39, 0.29) is 6.04 Å². The van der Waals surface area contributed by atoms with Gasteiger partial charge < -0.3 is 10.1 Å². The molecular weight excluding hydrogens is 272 g/mol. The van der Waals surface area contributed by atoms with Gasteiger partial charge in [-0.25, -0.2) is 4.98 Å². The van der Waals surface area contributed by atoms with Gasteiger partial charge in [0, 0.05) is 6.04 Å². The molecule has 0 amide bonds. The molecule has 0 aliphatic carbocycles. The lowest BCUT2D eigenvalue weighted by Crippen LogP contribution is -2.07. The van der Waals surface area contributed by atoms with Crippen molar-refractivity contribution in [1.82, 2.24) is 4.98 Å². The van der Waals surface area contributed by atoms with Crippen LogP contribution in [0.2, 0.25) is 5.15 Å². The molecule has 1 unspecified atom stereocenters. The van der Waals surface area contributed by atoms with Crippen LogP contribution in [0.5, 0.6) is 5.75 Å². The highest BCUT2D eigenvalue weighted by Crippen LogP contribution is 2.21. The summed E-state index contributed by atoms with van der Waals surface area (Å²) in [6.45, 7) is 4.93. The van der Waals surface area contributed by atoms with Crippen LogP contribution < -0.4 is 10.1 Å². The lowest BCUT2D eigenvalue weighted by molar-refractivity contribution is 0.317. The van der Waals surface area contributed by atoms with E-state index in [0.29, 0.717) is 5.15 Å². The highest BCUT2D eigenvalue weighted by atomic mass is 35.5. The quantitative estimate of drug-likeness (QED) is 0.783. The minimum atomic E-state index is 0.154. The largest absolute Gasteiger partial charge is 0.494 e. The van der Waals surface area contributed by atoms with E-state index in [1.807, 2.05) is 24.3 Å². The first kappa shape index (κ1) is 14.7. The second-order valence-corrected chi connectivity index (χ2v) is 5.02. The molecule has 1 heterocycles. The van der Waals surface area contributed by atoms with Crippen molar-refractivity contribution in [1.29, 1.82) is 0 Å². The molecule has 106 valence electrons. The van der Waals surface area contributed by atoms with Crippen LogP contribution >= 0.6 is 11.6 Å². The molecule has 0 bridgehead atoms. The fourth-order valence-electron chi connectivity index (χ4n) is 1.87. The average molecular weight is 291 g/mol. The molecule has 1 N–H and O–H groups in total. The number of pyridine rings is 1. The zero-order chi connectivity index (χ0) is 14.4. The summed E-state index contributed by atoms with van der Waals surface area (Å²) in [7, 11) is 0. The first-order valence-electron chi connectivity index (χ1n) is 6.81. The third-order valence-corrected chi connectivity index (χ3v) is 3.14. The topological polar surface area (TPSA) is 34.1 Å². The molecule has 4 heteroatoms. The Bertz CT molecular complexity index is 542. The summed E-state index contributed by atoms with van der Waals surface area (Å²) in [5.74, 6) is 1.68. The average Bonchev–Trinajstić information content (AvgIpc) is 2.45. The van der Waals surface area contributed by atoms with Crippen molar-refractivity contribution in [3.63, 3.8) is 0 Å². The first-order chi connectivity index (χ1) is 9.69. The SMILES string of the molecule is CCCOc1ccc(C(C)Nc2cccc(Cl)n2)cc1. The molecule has 2 aromatic rings. The minimum absolute atomic E-state index is 0.154. The van der Waals surface area contributed by atoms with Gasteiger partial charge in [-0.1, -0.05) is 36.7 Å². The Balaban J connectivity index is 2.00. The molecule has 1 atom stereocenters. The standard InChI is InChI=1S/C16H19ClN2O/c1-3-11-20-14-9-7-13(8-10-14)12(2)18-16-6-4-5-15(17)19-16/h4-10,12H,3,11H2,1-2H3,(H,18,19). The zero-order valence-electron chi connectivity index (χ0n) is 11.8. The molecule has 3 nitrogen and oxygen atoms in total. The maximum atomic E-state index is 5.88. The third-order valence-electron chi connectivity index (χ3n) is 2.93. The van der Waals surface area contributed by atoms with Crippen molar-refractivity contribution in [2.75, 3.05) is 11.9 Å². The number of anilines is 1. The lowest BCUT2D eigenvalue weighted by atomic mass is 10.1. The van der Waals surface area contributed by atoms with E-state index in [1.54, 1.807) is 6.07 Å². The van der Waals surface area contributed by atoms with Gasteiger partial charge in [0.25, 0.3) is 0 Å². The number of nitrogens with zero attached hydrogens (tertiary/aromatic N) is 1. The van der Waals surface area contributed by atoms with Gasteiger partial charge in [-0.15, -0.1) is 0 Å². The first-order valence-corrected chi connectivity index (χ1v) is 7.18. The molecule has 0 saturated carbocycles. The van der Waals surface area contributed by atoms with Crippen molar-refractivity contribution in [3.8, 4) is 5.75 Å². The number of nitrogens with one attached hydrogen (secondary N) is 1. The summed E-state index contributed by atoms with van der Waals surface area (Å²) in [5, 5.41) is 3.82. The monoisotopic (exact) mass is 290 g/mol. The smallest absolute Gasteiger partial charge is 0.131 e. The van der Waals surface area contributed by atoms with E-state index in [1.165, 1.54) is 5.56 Å². The number of halogens is 1. The number of ether oxygens (including phenoxy) is 1. The molecule has 20 heavy (non-hydrogen) atoms. The molecule has 0 aliphatic heterocycles. The maximum absolute atomic E-state index is 5.88. The van der Waals surface area contributed by atoms with Gasteiger partial charge in [-0.05, 0) is 43.2 Å². The Morgan fingerprint density at radius 1 is 1.20 bits per heavy atom. The van der Waals surface area contributed by atoms with Crippen LogP contribution in [-0.4, -0.2) is 11.6 Å². The van der Waals surface area contributed by atoms with Crippen LogP contribution in [0, 0.1) is 0 Å². The normalized spacial score (nSPS) is 11.9. The molecule has 0 radical (unpaired) electrons. The highest BCUT2D eigenvalue weighted by molar-refractivity contribution is 6.29. The Hall–Kier alpha value is -1.74. The van der Waals surface area contributed by atoms with Gasteiger partial charge in [-0.3, -0.25) is 0 Å². The molecule has 1 aromatic heterocycles. The van der Waals surface area contributed by atoms with E-state index >= 15 is 0 Å². The van der Waals surface area contributed by atoms with Crippen molar-refractivity contribution >= 4 is 17.4 Å². The van der Waals surface area contributed by atoms with E-state index in [0.717, 1.165) is 24.6 Å². The molecule has 0 fully saturated rings. The van der Waals surface area contributed by atoms with Crippen LogP contribution in [0.1, 0.15) is 31.9 Å². The molecule has 2 rings (SSSR count). The van der Waals surface area contributed by atoms with E-state index < -0.39 is 0 Å². The van der Waals surface area contributed by atoms with Gasteiger partial charge in [-0.2, -0.15) is 0 Å². The fraction of sp³-hybridized carbons (Fsp3) is 0.312. The molecule has 0 spiro atoms. The van der Waals surface area contributed by atoms with E-state index in [4.69, 9.17) is 16.3 Å². The number of hydrogen-bond donors (Lipinski definition) is 1. The predicted octanol–water partition coefficient (Wildman–Crippen LogP) is 4.70. The van der Waals surface area contributed by atoms with Crippen molar-refractivity contribution in [3.05, 3.63) is 53.2 Å². The Morgan fingerprint density at radius 3 is 2.60 bits per heavy atom. The van der Waals surface area contributed by atoms with Gasteiger partial charge in [0.15, 0.2) is 0 Å². The summed E-state index contributed by atoms with van der Waals surface area (Å²) >= 11 is 5.88. The van der Waals surface area contributed by atoms with Gasteiger partial charge in [0.05, 0.1) is 6.61 Å². The van der Waals surface area contributed by atoms with Crippen LogP contribution in [0.15, 0.2) is 42.5 Å². The highest BCUT2D eigenvalue weighted by Gasteiger charge is 2.06. The van der Waals surface area contributed by atoms with Crippen molar-refractivity contribution < 1.29 is 4.74 Å². The van der Waals surface area contributed by atoms with E-state index in [9.17, 15) is 0 Å². The third kappa shape index (κ3) is 4.14. The molecule has 0 aliphatic rings. The molecule has 0 saturated heterocycles. The summed E-state index contributed by atoms with van der Waals surface area (Å²) < 4.78 is 5.57. The summed E-state index contributed by atoms with van der Waals surface area (Å²) in [6, 6.07) is 13.8. The Labute approximate surface area is 124 Å². The summed E-state index contributed by atoms with van der Waals surface area (Å²) in [4.78, 5) is 4.23. The minimum Gasteiger partial charge on any atom is -0.494 e. The lowest BCUT2D eigenvalue weighted by Gasteiger charge is -2.15. The number of aromatic nitrogens is 1. The second kappa shape index (κ2) is 7.15. The van der Waals surface area contributed by atoms with Crippen molar-refractivity contribution in [2.45, 2.75) is 26.3 Å². The number of rotatable bonds is 6. The van der Waals surface area contributed by atoms with E-state index in [2.05, 4.69) is 36.3 Å². The van der Waals surface area contributed by atoms with Crippen LogP contribution in [0.4, 0.5) is 5.82 Å². The maximum Gasteiger partial charge on any atom is 0.131 e. The fourth-order valence-corrected chi connectivity index (χ4v) is 2.03. The van der Waals surface area contributed by atoms with Crippen LogP contribution in [-0.2, 0) is 0 Å². The Kier molecular flexibility index (Phi) is 5.24. The van der Waals surface area contributed by atoms with Crippen LogP contribution in [0.3, 0.4) is 0 Å². The van der Waals surface area contributed by atoms with Gasteiger partial charge in [0.1, 0.15) is 16.7 Å². The van der Waals surface area contributed by atoms with Gasteiger partial charge >= 0.3 is 0 Å². The molecular formula is C16H19ClN2O. The molecule has 1 aromatic carbocycles. The predicted molar refractivity (Wildman–Crippen MR) is 83.5 cm³/mol. The summed E-state index contributed by atoms with van der Waals surface area (Å²) in [6.07, 6.45) is 1.01.